The van der Waals surface area contributed by atoms with Crippen LogP contribution in [0.2, 0.25) is 0 Å². The maximum Gasteiger partial charge on any atom is 0.306 e. The predicted octanol–water partition coefficient (Wildman–Crippen LogP) is 0.374. The summed E-state index contributed by atoms with van der Waals surface area (Å²) in [4.78, 5) is 22.3. The van der Waals surface area contributed by atoms with Crippen LogP contribution in [0.15, 0.2) is 0 Å². The molecule has 0 aromatic heterocycles. The fraction of sp³-hybridized carbons (Fsp3) is 0.818. The summed E-state index contributed by atoms with van der Waals surface area (Å²) in [5.74, 6) is -1.53. The summed E-state index contributed by atoms with van der Waals surface area (Å²) < 4.78 is 0. The second kappa shape index (κ2) is 5.84. The SMILES string of the molecule is CCC(O)CNC(=O)[C@@H]1CC[C@H](C(=O)O)C1. The molecule has 0 radical (unpaired) electrons. The third kappa shape index (κ3) is 3.48. The first-order valence-corrected chi connectivity index (χ1v) is 5.73. The second-order valence-corrected chi connectivity index (χ2v) is 4.35. The average molecular weight is 229 g/mol. The standard InChI is InChI=1S/C11H19NO4/c1-2-9(13)6-12-10(14)7-3-4-8(5-7)11(15)16/h7-9,13H,2-6H2,1H3,(H,12,14)(H,15,16)/t7-,8+,9?/m1/s1. The lowest BCUT2D eigenvalue weighted by molar-refractivity contribution is -0.141. The van der Waals surface area contributed by atoms with Crippen molar-refractivity contribution < 1.29 is 19.8 Å². The van der Waals surface area contributed by atoms with Crippen molar-refractivity contribution in [3.8, 4) is 0 Å². The Morgan fingerprint density at radius 2 is 2.00 bits per heavy atom. The van der Waals surface area contributed by atoms with Crippen molar-refractivity contribution in [1.29, 1.82) is 0 Å². The van der Waals surface area contributed by atoms with Gasteiger partial charge in [-0.25, -0.2) is 0 Å². The van der Waals surface area contributed by atoms with Gasteiger partial charge in [-0.3, -0.25) is 9.59 Å². The molecule has 0 bridgehead atoms. The highest BCUT2D eigenvalue weighted by atomic mass is 16.4. The zero-order valence-electron chi connectivity index (χ0n) is 9.48. The van der Waals surface area contributed by atoms with E-state index in [1.54, 1.807) is 0 Å². The third-order valence-electron chi connectivity index (χ3n) is 3.14. The highest BCUT2D eigenvalue weighted by Crippen LogP contribution is 2.30. The molecule has 16 heavy (non-hydrogen) atoms. The molecule has 5 nitrogen and oxygen atoms in total. The van der Waals surface area contributed by atoms with Gasteiger partial charge in [0.2, 0.25) is 5.91 Å². The largest absolute Gasteiger partial charge is 0.481 e. The Labute approximate surface area is 94.8 Å². The molecule has 1 rings (SSSR count). The minimum absolute atomic E-state index is 0.128. The van der Waals surface area contributed by atoms with Crippen LogP contribution in [0.5, 0.6) is 0 Å². The number of hydrogen-bond donors (Lipinski definition) is 3. The van der Waals surface area contributed by atoms with Gasteiger partial charge in [-0.05, 0) is 25.7 Å². The molecule has 1 saturated carbocycles. The summed E-state index contributed by atoms with van der Waals surface area (Å²) in [6, 6.07) is 0. The second-order valence-electron chi connectivity index (χ2n) is 4.35. The minimum atomic E-state index is -0.816. The molecule has 92 valence electrons. The summed E-state index contributed by atoms with van der Waals surface area (Å²) >= 11 is 0. The van der Waals surface area contributed by atoms with E-state index in [0.717, 1.165) is 0 Å². The van der Waals surface area contributed by atoms with Crippen LogP contribution in [-0.2, 0) is 9.59 Å². The number of aliphatic carboxylic acids is 1. The van der Waals surface area contributed by atoms with Crippen LogP contribution in [-0.4, -0.2) is 34.7 Å². The first kappa shape index (κ1) is 13.0. The van der Waals surface area contributed by atoms with E-state index < -0.39 is 12.1 Å². The van der Waals surface area contributed by atoms with Crippen LogP contribution in [0.1, 0.15) is 32.6 Å². The summed E-state index contributed by atoms with van der Waals surface area (Å²) in [6.07, 6.45) is 1.71. The molecule has 5 heteroatoms. The van der Waals surface area contributed by atoms with Crippen LogP contribution in [0.4, 0.5) is 0 Å². The van der Waals surface area contributed by atoms with Gasteiger partial charge in [-0.1, -0.05) is 6.92 Å². The first-order valence-electron chi connectivity index (χ1n) is 5.73. The number of hydrogen-bond acceptors (Lipinski definition) is 3. The lowest BCUT2D eigenvalue weighted by Gasteiger charge is -2.13. The van der Waals surface area contributed by atoms with Gasteiger partial charge in [0.15, 0.2) is 0 Å². The van der Waals surface area contributed by atoms with Crippen molar-refractivity contribution in [2.24, 2.45) is 11.8 Å². The fourth-order valence-electron chi connectivity index (χ4n) is 1.95. The maximum atomic E-state index is 11.6. The summed E-state index contributed by atoms with van der Waals surface area (Å²) in [5.41, 5.74) is 0. The number of carboxylic acids is 1. The number of carbonyl (C=O) groups excluding carboxylic acids is 1. The normalized spacial score (nSPS) is 26.4. The Morgan fingerprint density at radius 3 is 2.50 bits per heavy atom. The van der Waals surface area contributed by atoms with Gasteiger partial charge in [-0.2, -0.15) is 0 Å². The Kier molecular flexibility index (Phi) is 4.73. The molecule has 1 fully saturated rings. The third-order valence-corrected chi connectivity index (χ3v) is 3.14. The van der Waals surface area contributed by atoms with Crippen LogP contribution in [0.25, 0.3) is 0 Å². The number of aliphatic hydroxyl groups excluding tert-OH is 1. The van der Waals surface area contributed by atoms with Crippen molar-refractivity contribution in [1.82, 2.24) is 5.32 Å². The Bertz CT molecular complexity index is 267. The molecule has 1 unspecified atom stereocenters. The van der Waals surface area contributed by atoms with E-state index in [1.165, 1.54) is 0 Å². The zero-order chi connectivity index (χ0) is 12.1. The van der Waals surface area contributed by atoms with E-state index in [1.807, 2.05) is 6.92 Å². The Balaban J connectivity index is 2.31. The molecular weight excluding hydrogens is 210 g/mol. The predicted molar refractivity (Wildman–Crippen MR) is 57.8 cm³/mol. The lowest BCUT2D eigenvalue weighted by atomic mass is 10.0. The molecular formula is C11H19NO4. The van der Waals surface area contributed by atoms with Crippen LogP contribution in [0, 0.1) is 11.8 Å². The molecule has 0 spiro atoms. The molecule has 1 amide bonds. The topological polar surface area (TPSA) is 86.6 Å². The fourth-order valence-corrected chi connectivity index (χ4v) is 1.95. The Hall–Kier alpha value is -1.10. The van der Waals surface area contributed by atoms with E-state index in [0.29, 0.717) is 25.7 Å². The first-order chi connectivity index (χ1) is 7.54. The van der Waals surface area contributed by atoms with E-state index in [2.05, 4.69) is 5.32 Å². The quantitative estimate of drug-likeness (QED) is 0.636. The van der Waals surface area contributed by atoms with Crippen molar-refractivity contribution >= 4 is 11.9 Å². The average Bonchev–Trinajstić information content (AvgIpc) is 2.74. The van der Waals surface area contributed by atoms with Crippen LogP contribution >= 0.6 is 0 Å². The summed E-state index contributed by atoms with van der Waals surface area (Å²) in [5, 5.41) is 20.7. The number of rotatable bonds is 5. The zero-order valence-corrected chi connectivity index (χ0v) is 9.48. The summed E-state index contributed by atoms with van der Waals surface area (Å²) in [7, 11) is 0. The molecule has 3 atom stereocenters. The van der Waals surface area contributed by atoms with Gasteiger partial charge in [0.25, 0.3) is 0 Å². The van der Waals surface area contributed by atoms with E-state index in [-0.39, 0.29) is 24.3 Å². The maximum absolute atomic E-state index is 11.6. The van der Waals surface area contributed by atoms with Gasteiger partial charge >= 0.3 is 5.97 Å². The van der Waals surface area contributed by atoms with Gasteiger partial charge in [0.1, 0.15) is 0 Å². The van der Waals surface area contributed by atoms with Gasteiger partial charge in [-0.15, -0.1) is 0 Å². The molecule has 0 aromatic rings. The van der Waals surface area contributed by atoms with Crippen molar-refractivity contribution in [3.63, 3.8) is 0 Å². The molecule has 1 aliphatic carbocycles. The highest BCUT2D eigenvalue weighted by Gasteiger charge is 2.33. The number of carbonyl (C=O) groups is 2. The lowest BCUT2D eigenvalue weighted by Crippen LogP contribution is -2.35. The number of nitrogens with one attached hydrogen (secondary N) is 1. The number of amides is 1. The van der Waals surface area contributed by atoms with Crippen LogP contribution < -0.4 is 5.32 Å². The number of aliphatic hydroxyl groups is 1. The number of carboxylic acid groups (broad SMARTS) is 1. The van der Waals surface area contributed by atoms with Crippen molar-refractivity contribution in [2.75, 3.05) is 6.54 Å². The molecule has 0 heterocycles. The molecule has 1 aliphatic rings. The monoisotopic (exact) mass is 229 g/mol. The molecule has 3 N–H and O–H groups in total. The smallest absolute Gasteiger partial charge is 0.306 e. The molecule has 0 saturated heterocycles. The molecule has 0 aliphatic heterocycles. The van der Waals surface area contributed by atoms with E-state index >= 15 is 0 Å². The highest BCUT2D eigenvalue weighted by molar-refractivity contribution is 5.80. The van der Waals surface area contributed by atoms with E-state index in [9.17, 15) is 14.7 Å². The van der Waals surface area contributed by atoms with Crippen molar-refractivity contribution in [2.45, 2.75) is 38.7 Å². The van der Waals surface area contributed by atoms with E-state index in [4.69, 9.17) is 5.11 Å². The molecule has 0 aromatic carbocycles. The van der Waals surface area contributed by atoms with Gasteiger partial charge < -0.3 is 15.5 Å². The Morgan fingerprint density at radius 1 is 1.38 bits per heavy atom. The minimum Gasteiger partial charge on any atom is -0.481 e. The van der Waals surface area contributed by atoms with Gasteiger partial charge in [0, 0.05) is 12.5 Å². The summed E-state index contributed by atoms with van der Waals surface area (Å²) in [6.45, 7) is 2.09. The van der Waals surface area contributed by atoms with Crippen LogP contribution in [0.3, 0.4) is 0 Å². The van der Waals surface area contributed by atoms with Gasteiger partial charge in [0.05, 0.1) is 12.0 Å². The van der Waals surface area contributed by atoms with Crippen molar-refractivity contribution in [3.05, 3.63) is 0 Å².